The Kier molecular flexibility index (Phi) is 4.25. The highest BCUT2D eigenvalue weighted by Gasteiger charge is 2.02. The molecule has 1 nitrogen and oxygen atoms in total. The largest absolute Gasteiger partial charge is 0.368 e. The molecule has 0 saturated carbocycles. The van der Waals surface area contributed by atoms with Crippen molar-refractivity contribution in [2.75, 3.05) is 0 Å². The first kappa shape index (κ1) is 10.5. The van der Waals surface area contributed by atoms with Crippen LogP contribution in [0.15, 0.2) is 30.3 Å². The van der Waals surface area contributed by atoms with Gasteiger partial charge in [0.2, 0.25) is 0 Å². The van der Waals surface area contributed by atoms with Crippen molar-refractivity contribution in [2.45, 2.75) is 19.4 Å². The SMILES string of the molecule is C[C@@H](Cc1ccccc1)NC(=S)S. The summed E-state index contributed by atoms with van der Waals surface area (Å²) in [6.45, 7) is 2.09. The molecule has 13 heavy (non-hydrogen) atoms. The lowest BCUT2D eigenvalue weighted by molar-refractivity contribution is 0.670. The van der Waals surface area contributed by atoms with Gasteiger partial charge in [0, 0.05) is 6.04 Å². The Labute approximate surface area is 90.0 Å². The second-order valence-corrected chi connectivity index (χ2v) is 4.20. The molecule has 0 spiro atoms. The summed E-state index contributed by atoms with van der Waals surface area (Å²) in [4.78, 5) is 0. The molecule has 0 fully saturated rings. The fourth-order valence-electron chi connectivity index (χ4n) is 1.23. The molecule has 0 saturated heterocycles. The maximum Gasteiger partial charge on any atom is 0.130 e. The molecule has 1 N–H and O–H groups in total. The zero-order valence-electron chi connectivity index (χ0n) is 7.53. The molecule has 1 atom stereocenters. The van der Waals surface area contributed by atoms with Crippen molar-refractivity contribution in [3.8, 4) is 0 Å². The van der Waals surface area contributed by atoms with Crippen LogP contribution in [0.5, 0.6) is 0 Å². The zero-order chi connectivity index (χ0) is 9.68. The topological polar surface area (TPSA) is 12.0 Å². The molecule has 0 aliphatic carbocycles. The number of nitrogens with one attached hydrogen (secondary N) is 1. The van der Waals surface area contributed by atoms with E-state index in [1.807, 2.05) is 18.2 Å². The second-order valence-electron chi connectivity index (χ2n) is 3.04. The minimum atomic E-state index is 0.340. The van der Waals surface area contributed by atoms with Gasteiger partial charge in [-0.1, -0.05) is 42.5 Å². The lowest BCUT2D eigenvalue weighted by Gasteiger charge is -2.12. The summed E-state index contributed by atoms with van der Waals surface area (Å²) < 4.78 is 0.559. The van der Waals surface area contributed by atoms with Crippen molar-refractivity contribution >= 4 is 29.2 Å². The number of thiol groups is 1. The van der Waals surface area contributed by atoms with Gasteiger partial charge in [-0.25, -0.2) is 0 Å². The van der Waals surface area contributed by atoms with Crippen LogP contribution in [0.2, 0.25) is 0 Å². The molecule has 0 aliphatic heterocycles. The molecule has 70 valence electrons. The molecule has 0 radical (unpaired) electrons. The third-order valence-electron chi connectivity index (χ3n) is 1.75. The monoisotopic (exact) mass is 211 g/mol. The van der Waals surface area contributed by atoms with Crippen LogP contribution in [0.3, 0.4) is 0 Å². The first-order valence-corrected chi connectivity index (χ1v) is 5.07. The number of hydrogen-bond acceptors (Lipinski definition) is 1. The molecule has 1 rings (SSSR count). The van der Waals surface area contributed by atoms with Gasteiger partial charge in [0.25, 0.3) is 0 Å². The Hall–Kier alpha value is -0.540. The summed E-state index contributed by atoms with van der Waals surface area (Å²) in [6.07, 6.45) is 0.974. The summed E-state index contributed by atoms with van der Waals surface area (Å²) in [5.41, 5.74) is 1.31. The van der Waals surface area contributed by atoms with Gasteiger partial charge in [-0.05, 0) is 18.9 Å². The molecule has 0 bridgehead atoms. The molecule has 0 heterocycles. The normalized spacial score (nSPS) is 12.2. The summed E-state index contributed by atoms with van der Waals surface area (Å²) in [5.74, 6) is 0. The third kappa shape index (κ3) is 4.29. The van der Waals surface area contributed by atoms with Gasteiger partial charge in [0.05, 0.1) is 0 Å². The minimum absolute atomic E-state index is 0.340. The average molecular weight is 211 g/mol. The lowest BCUT2D eigenvalue weighted by Crippen LogP contribution is -2.29. The van der Waals surface area contributed by atoms with Gasteiger partial charge in [0.15, 0.2) is 0 Å². The smallest absolute Gasteiger partial charge is 0.130 e. The molecule has 0 amide bonds. The van der Waals surface area contributed by atoms with Gasteiger partial charge >= 0.3 is 0 Å². The van der Waals surface area contributed by atoms with E-state index in [4.69, 9.17) is 12.2 Å². The van der Waals surface area contributed by atoms with E-state index in [1.165, 1.54) is 5.56 Å². The van der Waals surface area contributed by atoms with Crippen molar-refractivity contribution in [2.24, 2.45) is 0 Å². The van der Waals surface area contributed by atoms with Crippen LogP contribution in [0.25, 0.3) is 0 Å². The molecule has 0 aromatic heterocycles. The van der Waals surface area contributed by atoms with Gasteiger partial charge in [-0.15, -0.1) is 12.6 Å². The van der Waals surface area contributed by atoms with E-state index in [0.29, 0.717) is 10.4 Å². The van der Waals surface area contributed by atoms with Gasteiger partial charge in [-0.3, -0.25) is 0 Å². The fourth-order valence-corrected chi connectivity index (χ4v) is 1.65. The van der Waals surface area contributed by atoms with Crippen molar-refractivity contribution < 1.29 is 0 Å². The van der Waals surface area contributed by atoms with E-state index < -0.39 is 0 Å². The summed E-state index contributed by atoms with van der Waals surface area (Å²) in [7, 11) is 0. The van der Waals surface area contributed by atoms with Crippen LogP contribution in [0.4, 0.5) is 0 Å². The highest BCUT2D eigenvalue weighted by atomic mass is 32.1. The summed E-state index contributed by atoms with van der Waals surface area (Å²) in [6, 6.07) is 10.7. The highest BCUT2D eigenvalue weighted by molar-refractivity contribution is 8.11. The van der Waals surface area contributed by atoms with Gasteiger partial charge in [-0.2, -0.15) is 0 Å². The van der Waals surface area contributed by atoms with Crippen molar-refractivity contribution in [3.63, 3.8) is 0 Å². The van der Waals surface area contributed by atoms with E-state index in [9.17, 15) is 0 Å². The van der Waals surface area contributed by atoms with E-state index in [2.05, 4.69) is 37.0 Å². The third-order valence-corrected chi connectivity index (χ3v) is 2.00. The predicted octanol–water partition coefficient (Wildman–Crippen LogP) is 2.42. The highest BCUT2D eigenvalue weighted by Crippen LogP contribution is 2.02. The lowest BCUT2D eigenvalue weighted by atomic mass is 10.1. The molecule has 0 aliphatic rings. The van der Waals surface area contributed by atoms with Crippen LogP contribution < -0.4 is 5.32 Å². The summed E-state index contributed by atoms with van der Waals surface area (Å²) in [5, 5.41) is 3.09. The van der Waals surface area contributed by atoms with Crippen molar-refractivity contribution in [1.29, 1.82) is 0 Å². The van der Waals surface area contributed by atoms with E-state index >= 15 is 0 Å². The molecular weight excluding hydrogens is 198 g/mol. The molecular formula is C10H13NS2. The Morgan fingerprint density at radius 1 is 1.46 bits per heavy atom. The molecule has 3 heteroatoms. The molecule has 1 aromatic carbocycles. The van der Waals surface area contributed by atoms with Gasteiger partial charge in [0.1, 0.15) is 4.32 Å². The molecule has 0 unspecified atom stereocenters. The molecule has 1 aromatic rings. The predicted molar refractivity (Wildman–Crippen MR) is 64.3 cm³/mol. The Morgan fingerprint density at radius 2 is 2.08 bits per heavy atom. The number of thiocarbonyl (C=S) groups is 1. The van der Waals surface area contributed by atoms with Gasteiger partial charge < -0.3 is 5.32 Å². The number of benzene rings is 1. The quantitative estimate of drug-likeness (QED) is 0.588. The Balaban J connectivity index is 2.45. The first-order valence-electron chi connectivity index (χ1n) is 4.22. The first-order chi connectivity index (χ1) is 6.18. The Bertz CT molecular complexity index is 272. The van der Waals surface area contributed by atoms with Crippen LogP contribution in [-0.2, 0) is 6.42 Å². The summed E-state index contributed by atoms with van der Waals surface area (Å²) >= 11 is 8.87. The van der Waals surface area contributed by atoms with Crippen LogP contribution in [-0.4, -0.2) is 10.4 Å². The number of rotatable bonds is 3. The maximum atomic E-state index is 4.84. The standard InChI is InChI=1S/C10H13NS2/c1-8(11-10(12)13)7-9-5-3-2-4-6-9/h2-6,8H,7H2,1H3,(H2,11,12,13)/t8-/m0/s1. The van der Waals surface area contributed by atoms with Crippen molar-refractivity contribution in [3.05, 3.63) is 35.9 Å². The van der Waals surface area contributed by atoms with E-state index in [-0.39, 0.29) is 0 Å². The zero-order valence-corrected chi connectivity index (χ0v) is 9.24. The van der Waals surface area contributed by atoms with E-state index in [0.717, 1.165) is 6.42 Å². The Morgan fingerprint density at radius 3 is 2.62 bits per heavy atom. The van der Waals surface area contributed by atoms with Crippen LogP contribution in [0.1, 0.15) is 12.5 Å². The average Bonchev–Trinajstić information content (AvgIpc) is 2.04. The maximum absolute atomic E-state index is 4.84. The van der Waals surface area contributed by atoms with Crippen molar-refractivity contribution in [1.82, 2.24) is 5.32 Å². The second kappa shape index (κ2) is 5.25. The minimum Gasteiger partial charge on any atom is -0.368 e. The number of hydrogen-bond donors (Lipinski definition) is 2. The van der Waals surface area contributed by atoms with Crippen LogP contribution >= 0.6 is 24.8 Å². The van der Waals surface area contributed by atoms with E-state index in [1.54, 1.807) is 0 Å². The fraction of sp³-hybridized carbons (Fsp3) is 0.300. The van der Waals surface area contributed by atoms with Crippen LogP contribution in [0, 0.1) is 0 Å².